The Balaban J connectivity index is 2.79. The third kappa shape index (κ3) is 4.20. The van der Waals surface area contributed by atoms with Crippen molar-refractivity contribution in [2.24, 2.45) is 16.8 Å². The number of hydrogen-bond acceptors (Lipinski definition) is 3. The minimum atomic E-state index is -4.65. The molecule has 1 rings (SSSR count). The molecule has 0 heterocycles. The van der Waals surface area contributed by atoms with Crippen LogP contribution in [-0.4, -0.2) is 23.8 Å². The summed E-state index contributed by atoms with van der Waals surface area (Å²) < 4.78 is 42.9. The van der Waals surface area contributed by atoms with Crippen molar-refractivity contribution in [3.63, 3.8) is 0 Å². The number of rotatable bonds is 4. The first-order valence-electron chi connectivity index (χ1n) is 5.18. The molecule has 8 heteroatoms. The lowest BCUT2D eigenvalue weighted by atomic mass is 10.1. The first-order valence-corrected chi connectivity index (χ1v) is 5.56. The van der Waals surface area contributed by atoms with Crippen LogP contribution < -0.4 is 10.5 Å². The van der Waals surface area contributed by atoms with Gasteiger partial charge in [0.2, 0.25) is 0 Å². The van der Waals surface area contributed by atoms with Crippen LogP contribution in [-0.2, 0) is 0 Å². The fraction of sp³-hybridized carbons (Fsp3) is 0.364. The van der Waals surface area contributed by atoms with Gasteiger partial charge < -0.3 is 15.7 Å². The van der Waals surface area contributed by atoms with Crippen molar-refractivity contribution in [3.8, 4) is 5.75 Å². The lowest BCUT2D eigenvalue weighted by molar-refractivity contribution is -0.162. The highest BCUT2D eigenvalue weighted by molar-refractivity contribution is 6.31. The van der Waals surface area contributed by atoms with Gasteiger partial charge in [-0.1, -0.05) is 16.8 Å². The molecule has 4 nitrogen and oxygen atoms in total. The maximum atomic E-state index is 12.6. The molecule has 1 atom stereocenters. The second-order valence-corrected chi connectivity index (χ2v) is 4.25. The number of hydrogen-bond donors (Lipinski definition) is 2. The van der Waals surface area contributed by atoms with Gasteiger partial charge in [-0.15, -0.1) is 0 Å². The van der Waals surface area contributed by atoms with E-state index in [0.29, 0.717) is 10.6 Å². The van der Waals surface area contributed by atoms with Gasteiger partial charge in [-0.05, 0) is 30.7 Å². The van der Waals surface area contributed by atoms with E-state index in [0.717, 1.165) is 0 Å². The van der Waals surface area contributed by atoms with Crippen LogP contribution in [0.25, 0.3) is 0 Å². The molecule has 0 fully saturated rings. The average Bonchev–Trinajstić information content (AvgIpc) is 2.31. The van der Waals surface area contributed by atoms with E-state index in [4.69, 9.17) is 27.3 Å². The van der Waals surface area contributed by atoms with Gasteiger partial charge in [0.15, 0.2) is 5.84 Å². The standard InChI is InChI=1S/C11H12ClF3N2O2/c1-6-4-7(2-3-9(6)12)19-5-8(10(16)17-18)11(13,14)15/h2-4,8,18H,5H2,1H3,(H2,16,17). The number of oxime groups is 1. The molecule has 0 aromatic heterocycles. The van der Waals surface area contributed by atoms with Crippen molar-refractivity contribution in [1.29, 1.82) is 0 Å². The number of amidine groups is 1. The molecule has 19 heavy (non-hydrogen) atoms. The Labute approximate surface area is 112 Å². The molecule has 1 aromatic carbocycles. The van der Waals surface area contributed by atoms with E-state index < -0.39 is 24.5 Å². The first kappa shape index (κ1) is 15.4. The third-order valence-corrected chi connectivity index (χ3v) is 2.84. The lowest BCUT2D eigenvalue weighted by Crippen LogP contribution is -2.40. The van der Waals surface area contributed by atoms with E-state index in [1.54, 1.807) is 6.92 Å². The molecule has 3 N–H and O–H groups in total. The summed E-state index contributed by atoms with van der Waals surface area (Å²) in [6.07, 6.45) is -4.65. The van der Waals surface area contributed by atoms with Crippen molar-refractivity contribution < 1.29 is 23.1 Å². The molecule has 0 bridgehead atoms. The molecule has 0 aliphatic carbocycles. The molecular formula is C11H12ClF3N2O2. The molecule has 0 aliphatic rings. The largest absolute Gasteiger partial charge is 0.492 e. The summed E-state index contributed by atoms with van der Waals surface area (Å²) in [7, 11) is 0. The summed E-state index contributed by atoms with van der Waals surface area (Å²) in [5, 5.41) is 11.2. The van der Waals surface area contributed by atoms with Crippen LogP contribution >= 0.6 is 11.6 Å². The quantitative estimate of drug-likeness (QED) is 0.388. The highest BCUT2D eigenvalue weighted by atomic mass is 35.5. The zero-order chi connectivity index (χ0) is 14.6. The van der Waals surface area contributed by atoms with E-state index in [2.05, 4.69) is 5.16 Å². The van der Waals surface area contributed by atoms with Crippen LogP contribution in [0.4, 0.5) is 13.2 Å². The molecule has 1 aromatic rings. The van der Waals surface area contributed by atoms with Crippen molar-refractivity contribution in [3.05, 3.63) is 28.8 Å². The molecule has 0 amide bonds. The maximum absolute atomic E-state index is 12.6. The van der Waals surface area contributed by atoms with Gasteiger partial charge in [-0.2, -0.15) is 13.2 Å². The summed E-state index contributed by atoms with van der Waals surface area (Å²) in [5.41, 5.74) is 5.67. The van der Waals surface area contributed by atoms with Crippen molar-refractivity contribution in [2.75, 3.05) is 6.61 Å². The summed E-state index contributed by atoms with van der Waals surface area (Å²) in [6.45, 7) is 0.917. The highest BCUT2D eigenvalue weighted by Gasteiger charge is 2.43. The number of alkyl halides is 3. The Kier molecular flexibility index (Phi) is 4.88. The Hall–Kier alpha value is -1.63. The molecule has 0 saturated carbocycles. The van der Waals surface area contributed by atoms with Gasteiger partial charge in [0.05, 0.1) is 0 Å². The number of nitrogens with two attached hydrogens (primary N) is 1. The monoisotopic (exact) mass is 296 g/mol. The lowest BCUT2D eigenvalue weighted by Gasteiger charge is -2.19. The van der Waals surface area contributed by atoms with Crippen LogP contribution in [0, 0.1) is 12.8 Å². The zero-order valence-electron chi connectivity index (χ0n) is 9.91. The molecular weight excluding hydrogens is 285 g/mol. The molecule has 1 unspecified atom stereocenters. The smallest absolute Gasteiger partial charge is 0.402 e. The predicted molar refractivity (Wildman–Crippen MR) is 64.6 cm³/mol. The molecule has 0 spiro atoms. The molecule has 0 aliphatic heterocycles. The summed E-state index contributed by atoms with van der Waals surface area (Å²) in [6, 6.07) is 4.45. The zero-order valence-corrected chi connectivity index (χ0v) is 10.7. The van der Waals surface area contributed by atoms with E-state index >= 15 is 0 Å². The number of ether oxygens (including phenoxy) is 1. The van der Waals surface area contributed by atoms with Gasteiger partial charge in [-0.25, -0.2) is 0 Å². The number of aryl methyl sites for hydroxylation is 1. The normalized spacial score (nSPS) is 14.3. The van der Waals surface area contributed by atoms with Gasteiger partial charge in [0.25, 0.3) is 0 Å². The Morgan fingerprint density at radius 3 is 2.63 bits per heavy atom. The van der Waals surface area contributed by atoms with E-state index in [1.807, 2.05) is 0 Å². The van der Waals surface area contributed by atoms with E-state index in [1.165, 1.54) is 18.2 Å². The molecule has 106 valence electrons. The molecule has 0 radical (unpaired) electrons. The van der Waals surface area contributed by atoms with Crippen LogP contribution in [0.15, 0.2) is 23.4 Å². The Morgan fingerprint density at radius 1 is 1.53 bits per heavy atom. The van der Waals surface area contributed by atoms with Gasteiger partial charge in [-0.3, -0.25) is 0 Å². The van der Waals surface area contributed by atoms with Gasteiger partial charge >= 0.3 is 6.18 Å². The minimum absolute atomic E-state index is 0.224. The van der Waals surface area contributed by atoms with E-state index in [-0.39, 0.29) is 5.75 Å². The fourth-order valence-electron chi connectivity index (χ4n) is 1.30. The topological polar surface area (TPSA) is 67.8 Å². The Morgan fingerprint density at radius 2 is 2.16 bits per heavy atom. The van der Waals surface area contributed by atoms with Crippen LogP contribution in [0.1, 0.15) is 5.56 Å². The maximum Gasteiger partial charge on any atom is 0.402 e. The van der Waals surface area contributed by atoms with Crippen LogP contribution in [0.5, 0.6) is 5.75 Å². The van der Waals surface area contributed by atoms with Crippen molar-refractivity contribution in [2.45, 2.75) is 13.1 Å². The second kappa shape index (κ2) is 6.01. The Bertz CT molecular complexity index is 477. The van der Waals surface area contributed by atoms with Crippen molar-refractivity contribution in [1.82, 2.24) is 0 Å². The van der Waals surface area contributed by atoms with E-state index in [9.17, 15) is 13.2 Å². The third-order valence-electron chi connectivity index (χ3n) is 2.41. The van der Waals surface area contributed by atoms with Crippen LogP contribution in [0.2, 0.25) is 5.02 Å². The minimum Gasteiger partial charge on any atom is -0.492 e. The predicted octanol–water partition coefficient (Wildman–Crippen LogP) is 2.95. The molecule has 0 saturated heterocycles. The highest BCUT2D eigenvalue weighted by Crippen LogP contribution is 2.28. The second-order valence-electron chi connectivity index (χ2n) is 3.84. The number of nitrogens with zero attached hydrogens (tertiary/aromatic N) is 1. The first-order chi connectivity index (χ1) is 8.75. The van der Waals surface area contributed by atoms with Crippen LogP contribution in [0.3, 0.4) is 0 Å². The number of benzene rings is 1. The summed E-state index contributed by atoms with van der Waals surface area (Å²) in [4.78, 5) is 0. The van der Waals surface area contributed by atoms with Crippen molar-refractivity contribution >= 4 is 17.4 Å². The SMILES string of the molecule is Cc1cc(OCC(/C(N)=N/O)C(F)(F)F)ccc1Cl. The summed E-state index contributed by atoms with van der Waals surface area (Å²) in [5.74, 6) is -2.89. The van der Waals surface area contributed by atoms with Gasteiger partial charge in [0, 0.05) is 5.02 Å². The van der Waals surface area contributed by atoms with Gasteiger partial charge in [0.1, 0.15) is 18.3 Å². The summed E-state index contributed by atoms with van der Waals surface area (Å²) >= 11 is 5.78. The fourth-order valence-corrected chi connectivity index (χ4v) is 1.42. The number of halogens is 4. The average molecular weight is 297 g/mol.